The quantitative estimate of drug-likeness (QED) is 0.633. The van der Waals surface area contributed by atoms with Crippen molar-refractivity contribution in [2.75, 3.05) is 6.54 Å². The van der Waals surface area contributed by atoms with E-state index in [1.54, 1.807) is 18.5 Å². The van der Waals surface area contributed by atoms with Crippen molar-refractivity contribution in [3.8, 4) is 0 Å². The third-order valence-corrected chi connectivity index (χ3v) is 4.33. The van der Waals surface area contributed by atoms with E-state index in [1.807, 2.05) is 11.5 Å². The van der Waals surface area contributed by atoms with Crippen LogP contribution in [0.2, 0.25) is 0 Å². The van der Waals surface area contributed by atoms with E-state index in [0.717, 1.165) is 25.1 Å². The summed E-state index contributed by atoms with van der Waals surface area (Å²) in [4.78, 5) is 23.2. The van der Waals surface area contributed by atoms with Gasteiger partial charge < -0.3 is 9.74 Å². The summed E-state index contributed by atoms with van der Waals surface area (Å²) >= 11 is 1.41. The molecule has 0 aliphatic carbocycles. The predicted octanol–water partition coefficient (Wildman–Crippen LogP) is 3.01. The normalized spacial score (nSPS) is 21.8. The lowest BCUT2D eigenvalue weighted by molar-refractivity contribution is -0.136. The molecule has 1 aromatic rings. The number of carbonyl (C=O) groups is 1. The molecule has 3 heterocycles. The molecule has 0 amide bonds. The molecule has 0 aromatic carbocycles. The predicted molar refractivity (Wildman–Crippen MR) is 86.2 cm³/mol. The minimum absolute atomic E-state index is 0.411. The molecule has 0 spiro atoms. The highest BCUT2D eigenvalue weighted by molar-refractivity contribution is 7.12. The van der Waals surface area contributed by atoms with Crippen molar-refractivity contribution in [2.24, 2.45) is 5.16 Å². The molecule has 0 N–H and O–H groups in total. The van der Waals surface area contributed by atoms with E-state index in [2.05, 4.69) is 28.2 Å². The van der Waals surface area contributed by atoms with Crippen molar-refractivity contribution >= 4 is 23.0 Å². The van der Waals surface area contributed by atoms with Crippen LogP contribution in [-0.4, -0.2) is 28.1 Å². The van der Waals surface area contributed by atoms with E-state index in [1.165, 1.54) is 11.3 Å². The van der Waals surface area contributed by atoms with Gasteiger partial charge in [-0.05, 0) is 30.7 Å². The number of carbonyl (C=O) groups excluding carboxylic acids is 1. The van der Waals surface area contributed by atoms with Crippen LogP contribution in [0.1, 0.15) is 17.8 Å². The topological polar surface area (TPSA) is 54.8 Å². The standard InChI is InChI=1S/C16H15N3O2S/c1-3-11(10-12-6-5-8-19(12)4-2)13-14(18-21-16(13)20)15-17-7-9-22-15/h3-4,7,9-10H,1-2,5-6,8H2/b12-10+,13-11+. The van der Waals surface area contributed by atoms with Crippen LogP contribution in [0.5, 0.6) is 0 Å². The van der Waals surface area contributed by atoms with Crippen LogP contribution in [0.3, 0.4) is 0 Å². The molecule has 3 rings (SSSR count). The molecule has 1 aromatic heterocycles. The lowest BCUT2D eigenvalue weighted by Crippen LogP contribution is -2.11. The van der Waals surface area contributed by atoms with Gasteiger partial charge in [-0.15, -0.1) is 11.3 Å². The Morgan fingerprint density at radius 3 is 3.00 bits per heavy atom. The lowest BCUT2D eigenvalue weighted by Gasteiger charge is -2.14. The average Bonchev–Trinajstić information content (AvgIpc) is 3.25. The second-order valence-corrected chi connectivity index (χ2v) is 5.70. The first-order chi connectivity index (χ1) is 10.7. The van der Waals surface area contributed by atoms with Crippen LogP contribution in [-0.2, 0) is 9.63 Å². The molecular formula is C16H15N3O2S. The molecule has 0 radical (unpaired) electrons. The largest absolute Gasteiger partial charge is 0.368 e. The summed E-state index contributed by atoms with van der Waals surface area (Å²) in [5, 5.41) is 6.36. The first kappa shape index (κ1) is 14.5. The highest BCUT2D eigenvalue weighted by Crippen LogP contribution is 2.27. The Kier molecular flexibility index (Phi) is 4.02. The first-order valence-corrected chi connectivity index (χ1v) is 7.78. The van der Waals surface area contributed by atoms with Crippen molar-refractivity contribution in [3.05, 3.63) is 64.9 Å². The molecule has 0 unspecified atom stereocenters. The van der Waals surface area contributed by atoms with Crippen LogP contribution >= 0.6 is 11.3 Å². The molecule has 112 valence electrons. The number of rotatable bonds is 4. The van der Waals surface area contributed by atoms with E-state index in [9.17, 15) is 4.79 Å². The Balaban J connectivity index is 2.06. The number of hydrogen-bond donors (Lipinski definition) is 0. The van der Waals surface area contributed by atoms with Crippen molar-refractivity contribution in [1.29, 1.82) is 0 Å². The van der Waals surface area contributed by atoms with Crippen LogP contribution in [0.15, 0.2) is 65.1 Å². The van der Waals surface area contributed by atoms with E-state index in [-0.39, 0.29) is 0 Å². The summed E-state index contributed by atoms with van der Waals surface area (Å²) in [6, 6.07) is 0. The molecular weight excluding hydrogens is 298 g/mol. The van der Waals surface area contributed by atoms with Gasteiger partial charge in [-0.2, -0.15) is 0 Å². The zero-order valence-electron chi connectivity index (χ0n) is 12.0. The second kappa shape index (κ2) is 6.11. The van der Waals surface area contributed by atoms with Crippen LogP contribution < -0.4 is 0 Å². The fourth-order valence-electron chi connectivity index (χ4n) is 2.51. The highest BCUT2D eigenvalue weighted by atomic mass is 32.1. The number of thiazole rings is 1. The van der Waals surface area contributed by atoms with E-state index in [0.29, 0.717) is 21.9 Å². The number of oxime groups is 1. The van der Waals surface area contributed by atoms with Gasteiger partial charge in [0.15, 0.2) is 5.71 Å². The zero-order chi connectivity index (χ0) is 15.5. The minimum Gasteiger partial charge on any atom is -0.352 e. The molecule has 6 heteroatoms. The number of allylic oxidation sites excluding steroid dienone is 4. The molecule has 1 saturated heterocycles. The van der Waals surface area contributed by atoms with E-state index < -0.39 is 5.97 Å². The monoisotopic (exact) mass is 313 g/mol. The zero-order valence-corrected chi connectivity index (χ0v) is 12.8. The maximum atomic E-state index is 12.1. The molecule has 22 heavy (non-hydrogen) atoms. The average molecular weight is 313 g/mol. The summed E-state index contributed by atoms with van der Waals surface area (Å²) in [6.07, 6.45) is 9.08. The summed E-state index contributed by atoms with van der Waals surface area (Å²) in [5.41, 5.74) is 2.68. The Bertz CT molecular complexity index is 714. The van der Waals surface area contributed by atoms with Crippen molar-refractivity contribution in [3.63, 3.8) is 0 Å². The molecule has 0 atom stereocenters. The van der Waals surface area contributed by atoms with Gasteiger partial charge >= 0.3 is 5.97 Å². The maximum Gasteiger partial charge on any atom is 0.368 e. The Labute approximate surface area is 132 Å². The van der Waals surface area contributed by atoms with Gasteiger partial charge in [0.25, 0.3) is 0 Å². The van der Waals surface area contributed by atoms with Gasteiger partial charge in [0, 0.05) is 23.8 Å². The molecule has 0 bridgehead atoms. The van der Waals surface area contributed by atoms with Gasteiger partial charge in [-0.3, -0.25) is 0 Å². The minimum atomic E-state index is -0.472. The molecule has 1 fully saturated rings. The van der Waals surface area contributed by atoms with Crippen LogP contribution in [0.4, 0.5) is 0 Å². The summed E-state index contributed by atoms with van der Waals surface area (Å²) < 4.78 is 0. The number of likely N-dealkylation sites (tertiary alicyclic amines) is 1. The molecule has 0 saturated carbocycles. The van der Waals surface area contributed by atoms with Crippen molar-refractivity contribution in [2.45, 2.75) is 12.8 Å². The van der Waals surface area contributed by atoms with Gasteiger partial charge in [0.2, 0.25) is 0 Å². The summed E-state index contributed by atoms with van der Waals surface area (Å²) in [6.45, 7) is 8.57. The molecule has 5 nitrogen and oxygen atoms in total. The van der Waals surface area contributed by atoms with E-state index >= 15 is 0 Å². The van der Waals surface area contributed by atoms with Crippen molar-refractivity contribution < 1.29 is 9.63 Å². The highest BCUT2D eigenvalue weighted by Gasteiger charge is 2.31. The number of aromatic nitrogens is 1. The van der Waals surface area contributed by atoms with Gasteiger partial charge in [-0.25, -0.2) is 9.78 Å². The van der Waals surface area contributed by atoms with Gasteiger partial charge in [0.1, 0.15) is 10.6 Å². The number of hydrogen-bond acceptors (Lipinski definition) is 6. The van der Waals surface area contributed by atoms with Crippen LogP contribution in [0.25, 0.3) is 0 Å². The fraction of sp³-hybridized carbons (Fsp3) is 0.188. The third-order valence-electron chi connectivity index (χ3n) is 3.55. The number of nitrogens with zero attached hydrogens (tertiary/aromatic N) is 3. The van der Waals surface area contributed by atoms with Crippen LogP contribution in [0, 0.1) is 0 Å². The lowest BCUT2D eigenvalue weighted by atomic mass is 10.0. The Morgan fingerprint density at radius 1 is 1.45 bits per heavy atom. The van der Waals surface area contributed by atoms with Gasteiger partial charge in [-0.1, -0.05) is 24.4 Å². The molecule has 2 aliphatic rings. The summed E-state index contributed by atoms with van der Waals surface area (Å²) in [7, 11) is 0. The molecule has 2 aliphatic heterocycles. The summed E-state index contributed by atoms with van der Waals surface area (Å²) in [5.74, 6) is -0.472. The fourth-order valence-corrected chi connectivity index (χ4v) is 3.13. The second-order valence-electron chi connectivity index (χ2n) is 4.81. The van der Waals surface area contributed by atoms with Crippen molar-refractivity contribution in [1.82, 2.24) is 9.88 Å². The van der Waals surface area contributed by atoms with E-state index in [4.69, 9.17) is 4.84 Å². The Hall–Kier alpha value is -2.47. The Morgan fingerprint density at radius 2 is 2.32 bits per heavy atom. The third kappa shape index (κ3) is 2.53. The maximum absolute atomic E-state index is 12.1. The smallest absolute Gasteiger partial charge is 0.352 e. The SMILES string of the molecule is C=CC(/C=C1\CCCN1C=C)=C1\C(=O)ON=C1c1nccs1. The first-order valence-electron chi connectivity index (χ1n) is 6.90. The van der Waals surface area contributed by atoms with Gasteiger partial charge in [0.05, 0.1) is 0 Å².